The van der Waals surface area contributed by atoms with Crippen molar-refractivity contribution in [3.63, 3.8) is 0 Å². The van der Waals surface area contributed by atoms with Gasteiger partial charge in [-0.25, -0.2) is 0 Å². The van der Waals surface area contributed by atoms with Gasteiger partial charge in [0, 0.05) is 19.6 Å². The molecule has 0 N–H and O–H groups in total. The number of rotatable bonds is 4. The number of hydrogen-bond acceptors (Lipinski definition) is 2. The van der Waals surface area contributed by atoms with Crippen LogP contribution in [0.15, 0.2) is 98.4 Å². The third-order valence-corrected chi connectivity index (χ3v) is 5.04. The second-order valence-electron chi connectivity index (χ2n) is 4.81. The van der Waals surface area contributed by atoms with Gasteiger partial charge in [0.15, 0.2) is 0 Å². The van der Waals surface area contributed by atoms with E-state index in [-0.39, 0.29) is 0 Å². The van der Waals surface area contributed by atoms with Gasteiger partial charge in [0.1, 0.15) is 0 Å². The van der Waals surface area contributed by atoms with E-state index in [2.05, 4.69) is 79.7 Å². The molecule has 0 fully saturated rings. The molecule has 3 rings (SSSR count). The molecule has 0 aliphatic heterocycles. The van der Waals surface area contributed by atoms with Crippen molar-refractivity contribution in [1.29, 1.82) is 0 Å². The van der Waals surface area contributed by atoms with Crippen molar-refractivity contribution < 1.29 is 0 Å². The highest BCUT2D eigenvalue weighted by Gasteiger charge is 2.00. The summed E-state index contributed by atoms with van der Waals surface area (Å²) in [5.74, 6) is 0. The van der Waals surface area contributed by atoms with Crippen LogP contribution in [0.1, 0.15) is 5.56 Å². The van der Waals surface area contributed by atoms with Gasteiger partial charge in [0.25, 0.3) is 0 Å². The van der Waals surface area contributed by atoms with E-state index in [1.54, 1.807) is 11.8 Å². The molecule has 2 heteroatoms. The smallest absolute Gasteiger partial charge is 0.0124 e. The van der Waals surface area contributed by atoms with Gasteiger partial charge in [-0.3, -0.25) is 0 Å². The lowest BCUT2D eigenvalue weighted by molar-refractivity contribution is 1.32. The average Bonchev–Trinajstić information content (AvgIpc) is 2.50. The molecule has 0 heterocycles. The lowest BCUT2D eigenvalue weighted by Gasteiger charge is -2.05. The Bertz CT molecular complexity index is 703. The minimum Gasteiger partial charge on any atom is -0.0901 e. The molecule has 3 aromatic rings. The normalized spacial score (nSPS) is 10.5. The highest BCUT2D eigenvalue weighted by molar-refractivity contribution is 7.99. The molecule has 0 radical (unpaired) electrons. The van der Waals surface area contributed by atoms with Crippen molar-refractivity contribution in [3.05, 3.63) is 84.4 Å². The Morgan fingerprint density at radius 3 is 1.67 bits per heavy atom. The fourth-order valence-corrected chi connectivity index (χ4v) is 3.79. The van der Waals surface area contributed by atoms with Gasteiger partial charge in [-0.1, -0.05) is 59.4 Å². The van der Waals surface area contributed by atoms with E-state index in [1.807, 2.05) is 17.8 Å². The Balaban J connectivity index is 1.69. The van der Waals surface area contributed by atoms with E-state index < -0.39 is 0 Å². The molecule has 3 aromatic carbocycles. The van der Waals surface area contributed by atoms with Crippen molar-refractivity contribution in [3.8, 4) is 0 Å². The van der Waals surface area contributed by atoms with Crippen molar-refractivity contribution >= 4 is 23.5 Å². The monoisotopic (exact) mass is 308 g/mol. The number of benzene rings is 3. The van der Waals surface area contributed by atoms with E-state index in [1.165, 1.54) is 25.1 Å². The largest absolute Gasteiger partial charge is 0.0901 e. The van der Waals surface area contributed by atoms with Crippen molar-refractivity contribution in [2.24, 2.45) is 0 Å². The average molecular weight is 308 g/mol. The van der Waals surface area contributed by atoms with Gasteiger partial charge < -0.3 is 0 Å². The predicted molar refractivity (Wildman–Crippen MR) is 92.3 cm³/mol. The zero-order valence-electron chi connectivity index (χ0n) is 11.8. The molecular weight excluding hydrogens is 292 g/mol. The summed E-state index contributed by atoms with van der Waals surface area (Å²) < 4.78 is 0. The quantitative estimate of drug-likeness (QED) is 0.555. The van der Waals surface area contributed by atoms with E-state index in [0.717, 1.165) is 0 Å². The first-order chi connectivity index (χ1) is 10.3. The zero-order chi connectivity index (χ0) is 14.5. The highest BCUT2D eigenvalue weighted by atomic mass is 32.2. The van der Waals surface area contributed by atoms with Crippen LogP contribution in [0.25, 0.3) is 0 Å². The molecule has 21 heavy (non-hydrogen) atoms. The van der Waals surface area contributed by atoms with E-state index in [4.69, 9.17) is 0 Å². The minimum atomic E-state index is 1.27. The van der Waals surface area contributed by atoms with Gasteiger partial charge in [0.05, 0.1) is 0 Å². The maximum Gasteiger partial charge on any atom is 0.0124 e. The van der Waals surface area contributed by atoms with Gasteiger partial charge in [-0.15, -0.1) is 0 Å². The summed E-state index contributed by atoms with van der Waals surface area (Å²) >= 11 is 3.60. The predicted octanol–water partition coefficient (Wildman–Crippen LogP) is 6.30. The summed E-state index contributed by atoms with van der Waals surface area (Å²) in [6, 6.07) is 27.9. The Morgan fingerprint density at radius 2 is 1.05 bits per heavy atom. The first-order valence-corrected chi connectivity index (χ1v) is 8.50. The Hall–Kier alpha value is -1.64. The van der Waals surface area contributed by atoms with Gasteiger partial charge in [-0.05, 0) is 55.5 Å². The Morgan fingerprint density at radius 1 is 0.524 bits per heavy atom. The minimum absolute atomic E-state index is 1.27. The molecule has 0 spiro atoms. The molecule has 0 aliphatic carbocycles. The lowest BCUT2D eigenvalue weighted by Crippen LogP contribution is -1.77. The molecule has 0 bridgehead atoms. The van der Waals surface area contributed by atoms with Crippen LogP contribution >= 0.6 is 23.5 Å². The van der Waals surface area contributed by atoms with Crippen LogP contribution in [-0.4, -0.2) is 0 Å². The third kappa shape index (κ3) is 4.16. The molecule has 0 aromatic heterocycles. The maximum atomic E-state index is 2.22. The Kier molecular flexibility index (Phi) is 4.69. The fraction of sp³-hybridized carbons (Fsp3) is 0.0526. The SMILES string of the molecule is Cc1cccc(Sc2ccc(Sc3ccccc3)cc2)c1. The van der Waals surface area contributed by atoms with Crippen LogP contribution in [0.3, 0.4) is 0 Å². The summed E-state index contributed by atoms with van der Waals surface area (Å²) in [6.45, 7) is 2.13. The molecule has 104 valence electrons. The van der Waals surface area contributed by atoms with E-state index in [9.17, 15) is 0 Å². The second kappa shape index (κ2) is 6.88. The molecule has 0 saturated heterocycles. The highest BCUT2D eigenvalue weighted by Crippen LogP contribution is 2.32. The summed E-state index contributed by atoms with van der Waals surface area (Å²) in [7, 11) is 0. The fourth-order valence-electron chi connectivity index (χ4n) is 2.02. The summed E-state index contributed by atoms with van der Waals surface area (Å²) in [5, 5.41) is 0. The van der Waals surface area contributed by atoms with Crippen LogP contribution in [0, 0.1) is 6.92 Å². The lowest BCUT2D eigenvalue weighted by atomic mass is 10.2. The van der Waals surface area contributed by atoms with Crippen molar-refractivity contribution in [2.45, 2.75) is 26.5 Å². The molecule has 0 saturated carbocycles. The molecular formula is C19H16S2. The van der Waals surface area contributed by atoms with Gasteiger partial charge in [-0.2, -0.15) is 0 Å². The standard InChI is InChI=1S/C19H16S2/c1-15-6-5-9-19(14-15)21-18-12-10-17(11-13-18)20-16-7-3-2-4-8-16/h2-14H,1H3. The number of aryl methyl sites for hydroxylation is 1. The van der Waals surface area contributed by atoms with E-state index in [0.29, 0.717) is 0 Å². The summed E-state index contributed by atoms with van der Waals surface area (Å²) in [5.41, 5.74) is 1.30. The van der Waals surface area contributed by atoms with Gasteiger partial charge >= 0.3 is 0 Å². The summed E-state index contributed by atoms with van der Waals surface area (Å²) in [4.78, 5) is 5.11. The van der Waals surface area contributed by atoms with Crippen LogP contribution in [-0.2, 0) is 0 Å². The first-order valence-electron chi connectivity index (χ1n) is 6.87. The third-order valence-electron chi connectivity index (χ3n) is 3.03. The molecule has 0 aliphatic rings. The van der Waals surface area contributed by atoms with Crippen LogP contribution in [0.2, 0.25) is 0 Å². The second-order valence-corrected chi connectivity index (χ2v) is 7.10. The molecule has 0 unspecified atom stereocenters. The first kappa shape index (κ1) is 14.3. The molecule has 0 atom stereocenters. The van der Waals surface area contributed by atoms with Crippen LogP contribution in [0.4, 0.5) is 0 Å². The maximum absolute atomic E-state index is 2.22. The van der Waals surface area contributed by atoms with Crippen molar-refractivity contribution in [1.82, 2.24) is 0 Å². The molecule has 0 amide bonds. The van der Waals surface area contributed by atoms with Crippen LogP contribution in [0.5, 0.6) is 0 Å². The van der Waals surface area contributed by atoms with Crippen molar-refractivity contribution in [2.75, 3.05) is 0 Å². The topological polar surface area (TPSA) is 0 Å². The van der Waals surface area contributed by atoms with E-state index >= 15 is 0 Å². The van der Waals surface area contributed by atoms with Crippen LogP contribution < -0.4 is 0 Å². The van der Waals surface area contributed by atoms with Gasteiger partial charge in [0.2, 0.25) is 0 Å². The molecule has 0 nitrogen and oxygen atoms in total. The zero-order valence-corrected chi connectivity index (χ0v) is 13.5. The number of hydrogen-bond donors (Lipinski definition) is 0. The summed E-state index contributed by atoms with van der Waals surface area (Å²) in [6.07, 6.45) is 0. The Labute approximate surface area is 134 Å².